The second-order valence-corrected chi connectivity index (χ2v) is 8.65. The average Bonchev–Trinajstić information content (AvgIpc) is 3.19. The molecular formula is C16H14F3N3O2S2. The van der Waals surface area contributed by atoms with Crippen molar-refractivity contribution in [3.8, 4) is 10.6 Å². The van der Waals surface area contributed by atoms with Crippen LogP contribution in [0.2, 0.25) is 0 Å². The van der Waals surface area contributed by atoms with E-state index in [4.69, 9.17) is 0 Å². The number of sulfonamides is 1. The number of halogens is 3. The van der Waals surface area contributed by atoms with Crippen molar-refractivity contribution in [2.24, 2.45) is 0 Å². The van der Waals surface area contributed by atoms with Gasteiger partial charge in [-0.25, -0.2) is 8.42 Å². The molecule has 2 heterocycles. The Balaban J connectivity index is 1.90. The van der Waals surface area contributed by atoms with Gasteiger partial charge >= 0.3 is 6.18 Å². The number of thiophene rings is 1. The van der Waals surface area contributed by atoms with Gasteiger partial charge in [0.05, 0.1) is 10.6 Å². The number of hydrogen-bond acceptors (Lipinski definition) is 4. The van der Waals surface area contributed by atoms with Gasteiger partial charge in [0, 0.05) is 0 Å². The van der Waals surface area contributed by atoms with Gasteiger partial charge in [-0.3, -0.25) is 9.82 Å². The third-order valence-electron chi connectivity index (χ3n) is 3.70. The van der Waals surface area contributed by atoms with Crippen LogP contribution in [0.4, 0.5) is 18.9 Å². The molecule has 3 aromatic rings. The summed E-state index contributed by atoms with van der Waals surface area (Å²) in [5.74, 6) is 0. The van der Waals surface area contributed by atoms with Crippen molar-refractivity contribution < 1.29 is 21.6 Å². The minimum Gasteiger partial charge on any atom is -0.278 e. The molecule has 2 aromatic heterocycles. The maximum atomic E-state index is 12.7. The van der Waals surface area contributed by atoms with Gasteiger partial charge < -0.3 is 0 Å². The Morgan fingerprint density at radius 2 is 1.77 bits per heavy atom. The molecule has 0 spiro atoms. The molecule has 0 aliphatic rings. The summed E-state index contributed by atoms with van der Waals surface area (Å²) in [7, 11) is -3.86. The maximum Gasteiger partial charge on any atom is 0.432 e. The molecule has 0 fully saturated rings. The van der Waals surface area contributed by atoms with Crippen LogP contribution in [0.1, 0.15) is 16.8 Å². The summed E-state index contributed by atoms with van der Waals surface area (Å²) in [6, 6.07) is 9.01. The van der Waals surface area contributed by atoms with Gasteiger partial charge in [0.2, 0.25) is 0 Å². The predicted molar refractivity (Wildman–Crippen MR) is 93.6 cm³/mol. The van der Waals surface area contributed by atoms with E-state index in [0.717, 1.165) is 28.5 Å². The Hall–Kier alpha value is -2.33. The van der Waals surface area contributed by atoms with Crippen LogP contribution in [0.15, 0.2) is 40.6 Å². The molecule has 0 amide bonds. The highest BCUT2D eigenvalue weighted by atomic mass is 32.2. The molecule has 0 atom stereocenters. The molecule has 0 saturated heterocycles. The summed E-state index contributed by atoms with van der Waals surface area (Å²) in [6.45, 7) is 3.57. The minimum absolute atomic E-state index is 0.00767. The molecule has 5 nitrogen and oxygen atoms in total. The van der Waals surface area contributed by atoms with Crippen LogP contribution in [0.25, 0.3) is 10.6 Å². The van der Waals surface area contributed by atoms with E-state index < -0.39 is 21.9 Å². The Morgan fingerprint density at radius 3 is 2.35 bits per heavy atom. The lowest BCUT2D eigenvalue weighted by atomic mass is 10.1. The van der Waals surface area contributed by atoms with Crippen molar-refractivity contribution >= 4 is 27.0 Å². The lowest BCUT2D eigenvalue weighted by Gasteiger charge is -2.11. The number of nitrogens with one attached hydrogen (secondary N) is 2. The number of H-pyrrole nitrogens is 1. The molecule has 3 rings (SSSR count). The number of aromatic amines is 1. The first-order chi connectivity index (χ1) is 12.1. The van der Waals surface area contributed by atoms with E-state index in [2.05, 4.69) is 9.82 Å². The first kappa shape index (κ1) is 18.5. The van der Waals surface area contributed by atoms with Crippen molar-refractivity contribution in [2.45, 2.75) is 24.2 Å². The zero-order valence-electron chi connectivity index (χ0n) is 13.7. The van der Waals surface area contributed by atoms with Gasteiger partial charge in [-0.2, -0.15) is 18.3 Å². The fourth-order valence-electron chi connectivity index (χ4n) is 2.36. The van der Waals surface area contributed by atoms with E-state index in [0.29, 0.717) is 10.6 Å². The number of rotatable bonds is 4. The molecule has 0 radical (unpaired) electrons. The number of hydrogen-bond donors (Lipinski definition) is 2. The SMILES string of the molecule is Cc1cccc(C)c1NS(=O)(=O)c1ccc(-c2cc(C(F)(F)F)[nH]n2)s1. The third kappa shape index (κ3) is 3.61. The van der Waals surface area contributed by atoms with E-state index in [1.165, 1.54) is 12.1 Å². The van der Waals surface area contributed by atoms with Crippen LogP contribution < -0.4 is 4.72 Å². The zero-order chi connectivity index (χ0) is 19.1. The van der Waals surface area contributed by atoms with Crippen LogP contribution in [-0.2, 0) is 16.2 Å². The summed E-state index contributed by atoms with van der Waals surface area (Å²) in [5.41, 5.74) is 1.08. The summed E-state index contributed by atoms with van der Waals surface area (Å²) < 4.78 is 65.7. The van der Waals surface area contributed by atoms with E-state index in [1.54, 1.807) is 26.0 Å². The van der Waals surface area contributed by atoms with Crippen molar-refractivity contribution in [1.82, 2.24) is 10.2 Å². The smallest absolute Gasteiger partial charge is 0.278 e. The van der Waals surface area contributed by atoms with Crippen LogP contribution in [0.5, 0.6) is 0 Å². The molecule has 138 valence electrons. The number of benzene rings is 1. The van der Waals surface area contributed by atoms with E-state index in [1.807, 2.05) is 11.2 Å². The molecule has 1 aromatic carbocycles. The monoisotopic (exact) mass is 401 g/mol. The predicted octanol–water partition coefficient (Wildman–Crippen LogP) is 4.57. The summed E-state index contributed by atoms with van der Waals surface area (Å²) in [6.07, 6.45) is -4.54. The Morgan fingerprint density at radius 1 is 1.12 bits per heavy atom. The Kier molecular flexibility index (Phi) is 4.57. The fraction of sp³-hybridized carbons (Fsp3) is 0.188. The third-order valence-corrected chi connectivity index (χ3v) is 6.65. The number of aromatic nitrogens is 2. The van der Waals surface area contributed by atoms with Crippen LogP contribution in [0.3, 0.4) is 0 Å². The molecule has 0 unspecified atom stereocenters. The lowest BCUT2D eigenvalue weighted by Crippen LogP contribution is -2.13. The number of nitrogens with zero attached hydrogens (tertiary/aromatic N) is 1. The van der Waals surface area contributed by atoms with Crippen LogP contribution in [-0.4, -0.2) is 18.6 Å². The van der Waals surface area contributed by atoms with Gasteiger partial charge in [-0.05, 0) is 43.2 Å². The highest BCUT2D eigenvalue weighted by Crippen LogP contribution is 2.35. The number of alkyl halides is 3. The first-order valence-electron chi connectivity index (χ1n) is 7.40. The maximum absolute atomic E-state index is 12.7. The quantitative estimate of drug-likeness (QED) is 0.672. The minimum atomic E-state index is -4.54. The molecule has 0 bridgehead atoms. The number of aryl methyl sites for hydroxylation is 2. The van der Waals surface area contributed by atoms with E-state index >= 15 is 0 Å². The van der Waals surface area contributed by atoms with Crippen molar-refractivity contribution in [3.63, 3.8) is 0 Å². The summed E-state index contributed by atoms with van der Waals surface area (Å²) in [4.78, 5) is 0.318. The van der Waals surface area contributed by atoms with Gasteiger partial charge in [0.1, 0.15) is 15.6 Å². The Labute approximate surface area is 151 Å². The summed E-state index contributed by atoms with van der Waals surface area (Å²) in [5, 5.41) is 5.52. The standard InChI is InChI=1S/C16H14F3N3O2S2/c1-9-4-3-5-10(2)15(9)22-26(23,24)14-7-6-12(25-14)11-8-13(21-20-11)16(17,18)19/h3-8,22H,1-2H3,(H,20,21). The average molecular weight is 401 g/mol. The molecule has 0 aliphatic carbocycles. The normalized spacial score (nSPS) is 12.3. The molecule has 2 N–H and O–H groups in total. The lowest BCUT2D eigenvalue weighted by molar-refractivity contribution is -0.141. The number of para-hydroxylation sites is 1. The largest absolute Gasteiger partial charge is 0.432 e. The molecule has 10 heteroatoms. The van der Waals surface area contributed by atoms with Crippen LogP contribution in [0, 0.1) is 13.8 Å². The highest BCUT2D eigenvalue weighted by Gasteiger charge is 2.33. The van der Waals surface area contributed by atoms with Crippen molar-refractivity contribution in [2.75, 3.05) is 4.72 Å². The van der Waals surface area contributed by atoms with Gasteiger partial charge in [-0.1, -0.05) is 18.2 Å². The molecule has 0 saturated carbocycles. The molecule has 26 heavy (non-hydrogen) atoms. The second-order valence-electron chi connectivity index (χ2n) is 5.66. The van der Waals surface area contributed by atoms with Crippen molar-refractivity contribution in [3.05, 3.63) is 53.2 Å². The summed E-state index contributed by atoms with van der Waals surface area (Å²) >= 11 is 0.848. The Bertz CT molecular complexity index is 1030. The topological polar surface area (TPSA) is 74.8 Å². The number of anilines is 1. The first-order valence-corrected chi connectivity index (χ1v) is 9.70. The zero-order valence-corrected chi connectivity index (χ0v) is 15.3. The van der Waals surface area contributed by atoms with Gasteiger partial charge in [0.15, 0.2) is 0 Å². The van der Waals surface area contributed by atoms with Crippen LogP contribution >= 0.6 is 11.3 Å². The van der Waals surface area contributed by atoms with Gasteiger partial charge in [0.25, 0.3) is 10.0 Å². The van der Waals surface area contributed by atoms with E-state index in [-0.39, 0.29) is 9.90 Å². The van der Waals surface area contributed by atoms with E-state index in [9.17, 15) is 21.6 Å². The fourth-order valence-corrected chi connectivity index (χ4v) is 4.83. The van der Waals surface area contributed by atoms with Gasteiger partial charge in [-0.15, -0.1) is 11.3 Å². The molecular weight excluding hydrogens is 387 g/mol. The molecule has 0 aliphatic heterocycles. The highest BCUT2D eigenvalue weighted by molar-refractivity contribution is 7.94. The van der Waals surface area contributed by atoms with Crippen molar-refractivity contribution in [1.29, 1.82) is 0 Å². The second kappa shape index (κ2) is 6.44.